The van der Waals surface area contributed by atoms with Crippen LogP contribution in [0.15, 0.2) is 24.4 Å². The average Bonchev–Trinajstić information content (AvgIpc) is 2.83. The van der Waals surface area contributed by atoms with Gasteiger partial charge in [0.05, 0.1) is 29.0 Å². The third-order valence-corrected chi connectivity index (χ3v) is 3.46. The van der Waals surface area contributed by atoms with Gasteiger partial charge >= 0.3 is 0 Å². The molecule has 0 atom stereocenters. The van der Waals surface area contributed by atoms with Gasteiger partial charge in [-0.15, -0.1) is 0 Å². The number of non-ortho nitro benzene ring substituents is 1. The molecule has 1 aromatic heterocycles. The van der Waals surface area contributed by atoms with Crippen molar-refractivity contribution in [3.05, 3.63) is 40.1 Å². The van der Waals surface area contributed by atoms with E-state index >= 15 is 0 Å². The molecule has 2 aromatic rings. The zero-order valence-corrected chi connectivity index (χ0v) is 10.5. The largest absolute Gasteiger partial charge is 0.379 e. The van der Waals surface area contributed by atoms with Crippen LogP contribution >= 0.6 is 0 Å². The molecule has 1 N–H and O–H groups in total. The second-order valence-electron chi connectivity index (χ2n) is 4.66. The zero-order chi connectivity index (χ0) is 13.2. The van der Waals surface area contributed by atoms with Gasteiger partial charge in [0, 0.05) is 31.9 Å². The number of morpholine rings is 1. The lowest BCUT2D eigenvalue weighted by molar-refractivity contribution is -0.383. The van der Waals surface area contributed by atoms with Crippen molar-refractivity contribution >= 4 is 16.6 Å². The molecule has 6 heteroatoms. The van der Waals surface area contributed by atoms with Crippen molar-refractivity contribution in [1.29, 1.82) is 0 Å². The molecule has 0 unspecified atom stereocenters. The minimum absolute atomic E-state index is 0.169. The number of benzene rings is 1. The lowest BCUT2D eigenvalue weighted by atomic mass is 10.1. The van der Waals surface area contributed by atoms with Crippen LogP contribution < -0.4 is 0 Å². The summed E-state index contributed by atoms with van der Waals surface area (Å²) in [6, 6.07) is 5.12. The Balaban J connectivity index is 1.96. The van der Waals surface area contributed by atoms with Crippen molar-refractivity contribution in [2.75, 3.05) is 26.3 Å². The van der Waals surface area contributed by atoms with Gasteiger partial charge in [-0.25, -0.2) is 0 Å². The summed E-state index contributed by atoms with van der Waals surface area (Å²) < 4.78 is 5.31. The lowest BCUT2D eigenvalue weighted by Crippen LogP contribution is -2.35. The van der Waals surface area contributed by atoms with E-state index in [0.717, 1.165) is 42.8 Å². The number of aromatic nitrogens is 1. The SMILES string of the molecule is O=[N+]([O-])c1cccc2[nH]cc(CN3CCOCC3)c12. The molecule has 0 saturated carbocycles. The first-order chi connectivity index (χ1) is 9.25. The average molecular weight is 261 g/mol. The smallest absolute Gasteiger partial charge is 0.279 e. The van der Waals surface area contributed by atoms with Gasteiger partial charge in [0.15, 0.2) is 0 Å². The normalized spacial score (nSPS) is 16.8. The lowest BCUT2D eigenvalue weighted by Gasteiger charge is -2.26. The number of rotatable bonds is 3. The number of nitrogens with one attached hydrogen (secondary N) is 1. The van der Waals surface area contributed by atoms with Gasteiger partial charge in [-0.05, 0) is 11.6 Å². The predicted molar refractivity (Wildman–Crippen MR) is 71.0 cm³/mol. The molecule has 0 radical (unpaired) electrons. The van der Waals surface area contributed by atoms with Crippen molar-refractivity contribution < 1.29 is 9.66 Å². The number of nitro benzene ring substituents is 1. The third kappa shape index (κ3) is 2.32. The van der Waals surface area contributed by atoms with Crippen LogP contribution in [0.4, 0.5) is 5.69 Å². The number of H-pyrrole nitrogens is 1. The molecule has 1 aromatic carbocycles. The Kier molecular flexibility index (Phi) is 3.18. The summed E-state index contributed by atoms with van der Waals surface area (Å²) in [5.74, 6) is 0. The summed E-state index contributed by atoms with van der Waals surface area (Å²) in [4.78, 5) is 16.2. The van der Waals surface area contributed by atoms with Crippen molar-refractivity contribution in [3.8, 4) is 0 Å². The molecule has 19 heavy (non-hydrogen) atoms. The molecule has 1 aliphatic heterocycles. The third-order valence-electron chi connectivity index (χ3n) is 3.46. The summed E-state index contributed by atoms with van der Waals surface area (Å²) in [6.07, 6.45) is 1.87. The summed E-state index contributed by atoms with van der Waals surface area (Å²) in [5.41, 5.74) is 1.96. The Hall–Kier alpha value is -1.92. The molecule has 3 rings (SSSR count). The number of aromatic amines is 1. The molecular weight excluding hydrogens is 246 g/mol. The highest BCUT2D eigenvalue weighted by Gasteiger charge is 2.19. The number of hydrogen-bond acceptors (Lipinski definition) is 4. The van der Waals surface area contributed by atoms with Crippen molar-refractivity contribution in [2.24, 2.45) is 0 Å². The highest BCUT2D eigenvalue weighted by molar-refractivity contribution is 5.91. The topological polar surface area (TPSA) is 71.4 Å². The first-order valence-corrected chi connectivity index (χ1v) is 6.29. The minimum atomic E-state index is -0.320. The van der Waals surface area contributed by atoms with Gasteiger partial charge in [-0.3, -0.25) is 15.0 Å². The summed E-state index contributed by atoms with van der Waals surface area (Å²) >= 11 is 0. The van der Waals surface area contributed by atoms with Gasteiger partial charge in [0.2, 0.25) is 0 Å². The van der Waals surface area contributed by atoms with E-state index in [-0.39, 0.29) is 10.6 Å². The highest BCUT2D eigenvalue weighted by Crippen LogP contribution is 2.29. The summed E-state index contributed by atoms with van der Waals surface area (Å²) in [7, 11) is 0. The monoisotopic (exact) mass is 261 g/mol. The van der Waals surface area contributed by atoms with Crippen LogP contribution in [0.5, 0.6) is 0 Å². The summed E-state index contributed by atoms with van der Waals surface area (Å²) in [5, 5.41) is 11.8. The molecule has 0 spiro atoms. The summed E-state index contributed by atoms with van der Waals surface area (Å²) in [6.45, 7) is 3.91. The maximum Gasteiger partial charge on any atom is 0.279 e. The number of fused-ring (bicyclic) bond motifs is 1. The van der Waals surface area contributed by atoms with E-state index in [0.29, 0.717) is 6.54 Å². The maximum absolute atomic E-state index is 11.1. The van der Waals surface area contributed by atoms with Crippen LogP contribution in [0, 0.1) is 10.1 Å². The first-order valence-electron chi connectivity index (χ1n) is 6.29. The number of ether oxygens (including phenoxy) is 1. The van der Waals surface area contributed by atoms with E-state index < -0.39 is 0 Å². The second-order valence-corrected chi connectivity index (χ2v) is 4.66. The van der Waals surface area contributed by atoms with E-state index in [4.69, 9.17) is 4.74 Å². The maximum atomic E-state index is 11.1. The minimum Gasteiger partial charge on any atom is -0.379 e. The fourth-order valence-corrected chi connectivity index (χ4v) is 2.51. The van der Waals surface area contributed by atoms with Crippen molar-refractivity contribution in [2.45, 2.75) is 6.54 Å². The van der Waals surface area contributed by atoms with Gasteiger partial charge < -0.3 is 9.72 Å². The van der Waals surface area contributed by atoms with Crippen LogP contribution in [0.25, 0.3) is 10.9 Å². The quantitative estimate of drug-likeness (QED) is 0.676. The van der Waals surface area contributed by atoms with E-state index in [1.54, 1.807) is 12.1 Å². The fraction of sp³-hybridized carbons (Fsp3) is 0.385. The van der Waals surface area contributed by atoms with Gasteiger partial charge in [-0.2, -0.15) is 0 Å². The van der Waals surface area contributed by atoms with Crippen LogP contribution in [-0.4, -0.2) is 41.1 Å². The molecular formula is C13H15N3O3. The first kappa shape index (κ1) is 12.1. The molecule has 0 aliphatic carbocycles. The second kappa shape index (κ2) is 4.99. The van der Waals surface area contributed by atoms with Crippen molar-refractivity contribution in [3.63, 3.8) is 0 Å². The van der Waals surface area contributed by atoms with E-state index in [2.05, 4.69) is 9.88 Å². The van der Waals surface area contributed by atoms with E-state index in [9.17, 15) is 10.1 Å². The molecule has 1 fully saturated rings. The highest BCUT2D eigenvalue weighted by atomic mass is 16.6. The van der Waals surface area contributed by atoms with Gasteiger partial charge in [0.1, 0.15) is 0 Å². The Morgan fingerprint density at radius 3 is 2.89 bits per heavy atom. The Morgan fingerprint density at radius 1 is 1.37 bits per heavy atom. The Labute approximate surface area is 110 Å². The van der Waals surface area contributed by atoms with Crippen LogP contribution in [0.2, 0.25) is 0 Å². The van der Waals surface area contributed by atoms with E-state index in [1.165, 1.54) is 0 Å². The Bertz CT molecular complexity index is 602. The number of hydrogen-bond donors (Lipinski definition) is 1. The molecule has 1 aliphatic rings. The Morgan fingerprint density at radius 2 is 2.16 bits per heavy atom. The molecule has 0 bridgehead atoms. The fourth-order valence-electron chi connectivity index (χ4n) is 2.51. The molecule has 2 heterocycles. The number of nitrogens with zero attached hydrogens (tertiary/aromatic N) is 2. The van der Waals surface area contributed by atoms with Crippen LogP contribution in [0.3, 0.4) is 0 Å². The van der Waals surface area contributed by atoms with E-state index in [1.807, 2.05) is 12.3 Å². The standard InChI is InChI=1S/C13H15N3O3/c17-16(18)12-3-1-2-11-13(12)10(8-14-11)9-15-4-6-19-7-5-15/h1-3,8,14H,4-7,9H2. The van der Waals surface area contributed by atoms with Crippen LogP contribution in [0.1, 0.15) is 5.56 Å². The molecule has 0 amide bonds. The zero-order valence-electron chi connectivity index (χ0n) is 10.5. The van der Waals surface area contributed by atoms with Gasteiger partial charge in [0.25, 0.3) is 5.69 Å². The van der Waals surface area contributed by atoms with Gasteiger partial charge in [-0.1, -0.05) is 6.07 Å². The predicted octanol–water partition coefficient (Wildman–Crippen LogP) is 1.91. The molecule has 100 valence electrons. The number of nitro groups is 1. The molecule has 1 saturated heterocycles. The van der Waals surface area contributed by atoms with Crippen molar-refractivity contribution in [1.82, 2.24) is 9.88 Å². The molecule has 6 nitrogen and oxygen atoms in total. The van der Waals surface area contributed by atoms with Crippen LogP contribution in [-0.2, 0) is 11.3 Å².